The van der Waals surface area contributed by atoms with Crippen LogP contribution >= 0.6 is 0 Å². The van der Waals surface area contributed by atoms with Crippen molar-refractivity contribution in [3.8, 4) is 0 Å². The largest absolute Gasteiger partial charge is 0.461 e. The third-order valence-electron chi connectivity index (χ3n) is 2.68. The second-order valence-electron chi connectivity index (χ2n) is 3.90. The van der Waals surface area contributed by atoms with Crippen LogP contribution in [0.3, 0.4) is 0 Å². The number of nitrogen functional groups attached to an aromatic ring is 1. The van der Waals surface area contributed by atoms with E-state index in [2.05, 4.69) is 4.98 Å². The molecule has 0 radical (unpaired) electrons. The number of anilines is 1. The summed E-state index contributed by atoms with van der Waals surface area (Å²) in [6, 6.07) is 3.48. The Labute approximate surface area is 99.9 Å². The number of ether oxygens (including phenoxy) is 2. The van der Waals surface area contributed by atoms with Crippen LogP contribution in [-0.4, -0.2) is 24.2 Å². The number of carbonyl (C=O) groups is 1. The lowest BCUT2D eigenvalue weighted by Crippen LogP contribution is -2.13. The van der Waals surface area contributed by atoms with Crippen LogP contribution in [-0.2, 0) is 9.47 Å². The molecule has 0 spiro atoms. The lowest BCUT2D eigenvalue weighted by atomic mass is 10.1. The van der Waals surface area contributed by atoms with Gasteiger partial charge in [-0.2, -0.15) is 0 Å². The number of esters is 1. The second-order valence-corrected chi connectivity index (χ2v) is 3.90. The second kappa shape index (κ2) is 5.14. The van der Waals surface area contributed by atoms with Crippen molar-refractivity contribution in [1.82, 2.24) is 4.98 Å². The van der Waals surface area contributed by atoms with Crippen LogP contribution in [0.1, 0.15) is 42.1 Å². The molecule has 0 aromatic carbocycles. The van der Waals surface area contributed by atoms with Crippen molar-refractivity contribution in [2.75, 3.05) is 18.9 Å². The lowest BCUT2D eigenvalue weighted by molar-refractivity contribution is 0.0519. The highest BCUT2D eigenvalue weighted by molar-refractivity contribution is 5.92. The molecule has 1 atom stereocenters. The number of hydrogen-bond acceptors (Lipinski definition) is 5. The maximum atomic E-state index is 11.6. The van der Waals surface area contributed by atoms with E-state index < -0.39 is 5.97 Å². The fourth-order valence-electron chi connectivity index (χ4n) is 1.84. The molecule has 0 saturated carbocycles. The molecule has 2 N–H and O–H groups in total. The monoisotopic (exact) mass is 236 g/mol. The van der Waals surface area contributed by atoms with Gasteiger partial charge in [-0.1, -0.05) is 0 Å². The highest BCUT2D eigenvalue weighted by Crippen LogP contribution is 2.28. The number of aromatic nitrogens is 1. The molecule has 0 bridgehead atoms. The number of nitrogens with two attached hydrogens (primary N) is 1. The highest BCUT2D eigenvalue weighted by atomic mass is 16.5. The van der Waals surface area contributed by atoms with E-state index in [1.807, 2.05) is 0 Å². The fraction of sp³-hybridized carbons (Fsp3) is 0.500. The SMILES string of the molecule is CCOC(=O)c1nc(C2CCCO2)ccc1N. The van der Waals surface area contributed by atoms with Gasteiger partial charge in [0, 0.05) is 6.61 Å². The molecule has 2 rings (SSSR count). The minimum absolute atomic E-state index is 0.0243. The zero-order chi connectivity index (χ0) is 12.3. The number of hydrogen-bond donors (Lipinski definition) is 1. The molecule has 17 heavy (non-hydrogen) atoms. The maximum Gasteiger partial charge on any atom is 0.359 e. The normalized spacial score (nSPS) is 19.2. The molecule has 5 nitrogen and oxygen atoms in total. The highest BCUT2D eigenvalue weighted by Gasteiger charge is 2.21. The van der Waals surface area contributed by atoms with Crippen LogP contribution in [0.5, 0.6) is 0 Å². The Kier molecular flexibility index (Phi) is 3.58. The van der Waals surface area contributed by atoms with E-state index in [-0.39, 0.29) is 11.8 Å². The molecule has 0 aliphatic carbocycles. The van der Waals surface area contributed by atoms with Gasteiger partial charge in [-0.3, -0.25) is 0 Å². The standard InChI is InChI=1S/C12H16N2O3/c1-2-16-12(15)11-8(13)5-6-9(14-11)10-4-3-7-17-10/h5-6,10H,2-4,7,13H2,1H3. The molecule has 0 amide bonds. The van der Waals surface area contributed by atoms with E-state index in [4.69, 9.17) is 15.2 Å². The number of pyridine rings is 1. The van der Waals surface area contributed by atoms with Crippen molar-refractivity contribution < 1.29 is 14.3 Å². The first-order valence-electron chi connectivity index (χ1n) is 5.77. The molecule has 1 aliphatic rings. The molecule has 1 saturated heterocycles. The summed E-state index contributed by atoms with van der Waals surface area (Å²) < 4.78 is 10.4. The minimum Gasteiger partial charge on any atom is -0.461 e. The number of carbonyl (C=O) groups excluding carboxylic acids is 1. The Morgan fingerprint density at radius 3 is 3.12 bits per heavy atom. The van der Waals surface area contributed by atoms with Gasteiger partial charge in [0.05, 0.1) is 24.1 Å². The molecule has 2 heterocycles. The molecular weight excluding hydrogens is 220 g/mol. The molecule has 1 unspecified atom stereocenters. The molecule has 1 aliphatic heterocycles. The molecule has 5 heteroatoms. The van der Waals surface area contributed by atoms with E-state index >= 15 is 0 Å². The molecule has 92 valence electrons. The first kappa shape index (κ1) is 11.9. The Morgan fingerprint density at radius 2 is 2.47 bits per heavy atom. The Morgan fingerprint density at radius 1 is 1.65 bits per heavy atom. The summed E-state index contributed by atoms with van der Waals surface area (Å²) in [5.41, 5.74) is 6.98. The third kappa shape index (κ3) is 2.55. The van der Waals surface area contributed by atoms with Gasteiger partial charge in [0.25, 0.3) is 0 Å². The Bertz CT molecular complexity index is 414. The van der Waals surface area contributed by atoms with Crippen molar-refractivity contribution in [2.24, 2.45) is 0 Å². The predicted molar refractivity (Wildman–Crippen MR) is 62.5 cm³/mol. The molecule has 1 aromatic heterocycles. The van der Waals surface area contributed by atoms with E-state index in [9.17, 15) is 4.79 Å². The van der Waals surface area contributed by atoms with Gasteiger partial charge in [-0.05, 0) is 31.9 Å². The molecule has 1 aromatic rings. The Balaban J connectivity index is 2.25. The topological polar surface area (TPSA) is 74.4 Å². The fourth-order valence-corrected chi connectivity index (χ4v) is 1.84. The average Bonchev–Trinajstić information content (AvgIpc) is 2.83. The zero-order valence-corrected chi connectivity index (χ0v) is 9.81. The van der Waals surface area contributed by atoms with Crippen LogP contribution in [0.25, 0.3) is 0 Å². The maximum absolute atomic E-state index is 11.6. The third-order valence-corrected chi connectivity index (χ3v) is 2.68. The summed E-state index contributed by atoms with van der Waals surface area (Å²) in [7, 11) is 0. The van der Waals surface area contributed by atoms with Gasteiger partial charge in [-0.15, -0.1) is 0 Å². The molecular formula is C12H16N2O3. The van der Waals surface area contributed by atoms with E-state index in [0.717, 1.165) is 25.1 Å². The van der Waals surface area contributed by atoms with Gasteiger partial charge in [0.15, 0.2) is 5.69 Å². The van der Waals surface area contributed by atoms with Crippen LogP contribution in [0.2, 0.25) is 0 Å². The summed E-state index contributed by atoms with van der Waals surface area (Å²) in [6.07, 6.45) is 1.92. The minimum atomic E-state index is -0.482. The summed E-state index contributed by atoms with van der Waals surface area (Å²) in [6.45, 7) is 2.80. The number of rotatable bonds is 3. The van der Waals surface area contributed by atoms with E-state index in [1.54, 1.807) is 19.1 Å². The van der Waals surface area contributed by atoms with Gasteiger partial charge >= 0.3 is 5.97 Å². The first-order valence-corrected chi connectivity index (χ1v) is 5.77. The van der Waals surface area contributed by atoms with Crippen LogP contribution in [0, 0.1) is 0 Å². The van der Waals surface area contributed by atoms with Gasteiger partial charge in [-0.25, -0.2) is 9.78 Å². The zero-order valence-electron chi connectivity index (χ0n) is 9.81. The molecule has 1 fully saturated rings. The van der Waals surface area contributed by atoms with Crippen molar-refractivity contribution in [3.63, 3.8) is 0 Å². The summed E-state index contributed by atoms with van der Waals surface area (Å²) in [5.74, 6) is -0.482. The number of nitrogens with zero attached hydrogens (tertiary/aromatic N) is 1. The van der Waals surface area contributed by atoms with Crippen molar-refractivity contribution in [1.29, 1.82) is 0 Å². The summed E-state index contributed by atoms with van der Waals surface area (Å²) in [5, 5.41) is 0. The summed E-state index contributed by atoms with van der Waals surface area (Å²) >= 11 is 0. The lowest BCUT2D eigenvalue weighted by Gasteiger charge is -2.11. The van der Waals surface area contributed by atoms with Gasteiger partial charge < -0.3 is 15.2 Å². The Hall–Kier alpha value is -1.62. The van der Waals surface area contributed by atoms with E-state index in [1.165, 1.54) is 0 Å². The van der Waals surface area contributed by atoms with Gasteiger partial charge in [0.1, 0.15) is 0 Å². The smallest absolute Gasteiger partial charge is 0.359 e. The van der Waals surface area contributed by atoms with Crippen LogP contribution in [0.4, 0.5) is 5.69 Å². The van der Waals surface area contributed by atoms with Crippen LogP contribution < -0.4 is 5.73 Å². The predicted octanol–water partition coefficient (Wildman–Crippen LogP) is 1.69. The summed E-state index contributed by atoms with van der Waals surface area (Å²) in [4.78, 5) is 15.9. The van der Waals surface area contributed by atoms with Crippen molar-refractivity contribution in [3.05, 3.63) is 23.5 Å². The quantitative estimate of drug-likeness (QED) is 0.808. The first-order chi connectivity index (χ1) is 8.22. The van der Waals surface area contributed by atoms with E-state index in [0.29, 0.717) is 12.3 Å². The average molecular weight is 236 g/mol. The van der Waals surface area contributed by atoms with Crippen molar-refractivity contribution in [2.45, 2.75) is 25.9 Å². The van der Waals surface area contributed by atoms with Crippen molar-refractivity contribution >= 4 is 11.7 Å². The van der Waals surface area contributed by atoms with Gasteiger partial charge in [0.2, 0.25) is 0 Å². The van der Waals surface area contributed by atoms with Crippen LogP contribution in [0.15, 0.2) is 12.1 Å².